The molecule has 0 radical (unpaired) electrons. The monoisotopic (exact) mass is 402 g/mol. The highest BCUT2D eigenvalue weighted by molar-refractivity contribution is 6.05. The first-order valence-electron chi connectivity index (χ1n) is 9.22. The number of nitrogens with one attached hydrogen (secondary N) is 4. The quantitative estimate of drug-likeness (QED) is 0.520. The van der Waals surface area contributed by atoms with Crippen molar-refractivity contribution in [3.05, 3.63) is 78.1 Å². The minimum Gasteiger partial charge on any atom is -0.330 e. The van der Waals surface area contributed by atoms with Crippen LogP contribution in [0.3, 0.4) is 0 Å². The first kappa shape index (κ1) is 19.1. The van der Waals surface area contributed by atoms with Gasteiger partial charge in [0.2, 0.25) is 11.9 Å². The van der Waals surface area contributed by atoms with Gasteiger partial charge in [-0.05, 0) is 42.0 Å². The molecule has 0 saturated carbocycles. The predicted molar refractivity (Wildman–Crippen MR) is 110 cm³/mol. The number of amides is 4. The third-order valence-corrected chi connectivity index (χ3v) is 4.47. The van der Waals surface area contributed by atoms with E-state index in [1.54, 1.807) is 60.9 Å². The summed E-state index contributed by atoms with van der Waals surface area (Å²) in [6, 6.07) is 14.8. The van der Waals surface area contributed by atoms with E-state index >= 15 is 0 Å². The number of hydrogen-bond acceptors (Lipinski definition) is 6. The molecule has 3 aromatic rings. The fraction of sp³-hybridized carbons (Fsp3) is 0.0952. The van der Waals surface area contributed by atoms with E-state index in [-0.39, 0.29) is 24.3 Å². The second-order valence-electron chi connectivity index (χ2n) is 6.63. The van der Waals surface area contributed by atoms with Gasteiger partial charge < -0.3 is 16.0 Å². The Morgan fingerprint density at radius 2 is 1.73 bits per heavy atom. The van der Waals surface area contributed by atoms with Gasteiger partial charge >= 0.3 is 6.03 Å². The van der Waals surface area contributed by atoms with Gasteiger partial charge in [-0.3, -0.25) is 14.9 Å². The van der Waals surface area contributed by atoms with Crippen molar-refractivity contribution in [2.45, 2.75) is 12.5 Å². The molecule has 2 heterocycles. The van der Waals surface area contributed by atoms with Gasteiger partial charge in [-0.1, -0.05) is 18.2 Å². The fourth-order valence-electron chi connectivity index (χ4n) is 3.04. The first-order chi connectivity index (χ1) is 14.6. The molecule has 30 heavy (non-hydrogen) atoms. The second kappa shape index (κ2) is 8.39. The van der Waals surface area contributed by atoms with Gasteiger partial charge in [0.1, 0.15) is 0 Å². The van der Waals surface area contributed by atoms with Crippen molar-refractivity contribution >= 4 is 35.2 Å². The van der Waals surface area contributed by atoms with Crippen molar-refractivity contribution in [1.82, 2.24) is 20.6 Å². The zero-order valence-electron chi connectivity index (χ0n) is 15.8. The molecule has 1 saturated heterocycles. The summed E-state index contributed by atoms with van der Waals surface area (Å²) in [7, 11) is 0. The van der Waals surface area contributed by atoms with Gasteiger partial charge in [-0.15, -0.1) is 0 Å². The van der Waals surface area contributed by atoms with Crippen molar-refractivity contribution in [3.63, 3.8) is 0 Å². The summed E-state index contributed by atoms with van der Waals surface area (Å²) in [5.41, 5.74) is 2.54. The summed E-state index contributed by atoms with van der Waals surface area (Å²) in [6.45, 7) is 0. The molecule has 9 heteroatoms. The summed E-state index contributed by atoms with van der Waals surface area (Å²) in [5, 5.41) is 10.8. The summed E-state index contributed by atoms with van der Waals surface area (Å²) in [6.07, 6.45) is 3.42. The highest BCUT2D eigenvalue weighted by atomic mass is 16.2. The van der Waals surface area contributed by atoms with E-state index < -0.39 is 6.03 Å². The highest BCUT2D eigenvalue weighted by Crippen LogP contribution is 2.22. The molecule has 4 rings (SSSR count). The van der Waals surface area contributed by atoms with E-state index in [2.05, 4.69) is 31.2 Å². The Labute approximate surface area is 171 Å². The number of hydrogen-bond donors (Lipinski definition) is 4. The van der Waals surface area contributed by atoms with Gasteiger partial charge in [-0.2, -0.15) is 0 Å². The average molecular weight is 402 g/mol. The lowest BCUT2D eigenvalue weighted by atomic mass is 10.0. The van der Waals surface area contributed by atoms with Crippen LogP contribution in [0.1, 0.15) is 28.4 Å². The van der Waals surface area contributed by atoms with Crippen molar-refractivity contribution in [2.24, 2.45) is 0 Å². The fourth-order valence-corrected chi connectivity index (χ4v) is 3.04. The normalized spacial score (nSPS) is 15.7. The summed E-state index contributed by atoms with van der Waals surface area (Å²) in [5.74, 6) is -0.157. The first-order valence-corrected chi connectivity index (χ1v) is 9.22. The van der Waals surface area contributed by atoms with E-state index in [0.717, 1.165) is 5.56 Å². The molecule has 0 bridgehead atoms. The highest BCUT2D eigenvalue weighted by Gasteiger charge is 2.24. The number of imide groups is 1. The van der Waals surface area contributed by atoms with Crippen LogP contribution < -0.4 is 21.3 Å². The molecule has 1 unspecified atom stereocenters. The number of nitrogens with zero attached hydrogens (tertiary/aromatic N) is 2. The van der Waals surface area contributed by atoms with Crippen LogP contribution in [-0.4, -0.2) is 27.8 Å². The third kappa shape index (κ3) is 4.58. The SMILES string of the molecule is O=C1CC(c2ccc(NC(=O)c3cccc(Nc4ncccn4)c3)cc2)NC(=O)N1. The molecular weight excluding hydrogens is 384 g/mol. The van der Waals surface area contributed by atoms with Crippen LogP contribution in [0.15, 0.2) is 67.0 Å². The number of carbonyl (C=O) groups is 3. The molecule has 4 amide bonds. The molecule has 1 aliphatic heterocycles. The summed E-state index contributed by atoms with van der Waals surface area (Å²) >= 11 is 0. The molecule has 1 atom stereocenters. The van der Waals surface area contributed by atoms with E-state index in [1.807, 2.05) is 6.07 Å². The van der Waals surface area contributed by atoms with Crippen molar-refractivity contribution in [2.75, 3.05) is 10.6 Å². The third-order valence-electron chi connectivity index (χ3n) is 4.47. The number of urea groups is 1. The van der Waals surface area contributed by atoms with Crippen LogP contribution in [0.25, 0.3) is 0 Å². The van der Waals surface area contributed by atoms with Crippen LogP contribution in [0.5, 0.6) is 0 Å². The molecule has 1 fully saturated rings. The van der Waals surface area contributed by atoms with Crippen LogP contribution >= 0.6 is 0 Å². The maximum absolute atomic E-state index is 12.6. The van der Waals surface area contributed by atoms with Gasteiger partial charge in [0.05, 0.1) is 12.5 Å². The van der Waals surface area contributed by atoms with Crippen molar-refractivity contribution < 1.29 is 14.4 Å². The van der Waals surface area contributed by atoms with E-state index in [4.69, 9.17) is 0 Å². The average Bonchev–Trinajstić information content (AvgIpc) is 2.74. The Balaban J connectivity index is 1.42. The number of anilines is 3. The van der Waals surface area contributed by atoms with Gasteiger partial charge in [-0.25, -0.2) is 14.8 Å². The minimum atomic E-state index is -0.511. The molecule has 1 aromatic heterocycles. The number of carbonyl (C=O) groups excluding carboxylic acids is 3. The van der Waals surface area contributed by atoms with Crippen molar-refractivity contribution in [3.8, 4) is 0 Å². The standard InChI is InChI=1S/C21H18N6O3/c28-18-12-17(26-21(30)27-18)13-5-7-15(8-6-13)24-19(29)14-3-1-4-16(11-14)25-20-22-9-2-10-23-20/h1-11,17H,12H2,(H,24,29)(H,22,23,25)(H2,26,27,28,30). The second-order valence-corrected chi connectivity index (χ2v) is 6.63. The molecule has 4 N–H and O–H groups in total. The van der Waals surface area contributed by atoms with Crippen LogP contribution in [-0.2, 0) is 4.79 Å². The summed E-state index contributed by atoms with van der Waals surface area (Å²) in [4.78, 5) is 43.8. The minimum absolute atomic E-state index is 0.169. The van der Waals surface area contributed by atoms with E-state index in [1.165, 1.54) is 0 Å². The molecule has 0 aliphatic carbocycles. The van der Waals surface area contributed by atoms with Crippen LogP contribution in [0.4, 0.5) is 22.1 Å². The van der Waals surface area contributed by atoms with E-state index in [0.29, 0.717) is 22.9 Å². The molecule has 1 aliphatic rings. The van der Waals surface area contributed by atoms with Gasteiger partial charge in [0.25, 0.3) is 5.91 Å². The molecular formula is C21H18N6O3. The number of rotatable bonds is 5. The Morgan fingerprint density at radius 1 is 0.967 bits per heavy atom. The van der Waals surface area contributed by atoms with E-state index in [9.17, 15) is 14.4 Å². The van der Waals surface area contributed by atoms with Gasteiger partial charge in [0.15, 0.2) is 0 Å². The Hall–Kier alpha value is -4.27. The lowest BCUT2D eigenvalue weighted by molar-refractivity contribution is -0.121. The largest absolute Gasteiger partial charge is 0.330 e. The zero-order chi connectivity index (χ0) is 20.9. The Bertz CT molecular complexity index is 1070. The Morgan fingerprint density at radius 3 is 2.47 bits per heavy atom. The van der Waals surface area contributed by atoms with Gasteiger partial charge in [0, 0.05) is 29.3 Å². The summed E-state index contributed by atoms with van der Waals surface area (Å²) < 4.78 is 0. The maximum Gasteiger partial charge on any atom is 0.321 e. The molecule has 2 aromatic carbocycles. The number of aromatic nitrogens is 2. The smallest absolute Gasteiger partial charge is 0.321 e. The molecule has 150 valence electrons. The van der Waals surface area contributed by atoms with Crippen LogP contribution in [0.2, 0.25) is 0 Å². The zero-order valence-corrected chi connectivity index (χ0v) is 15.8. The molecule has 9 nitrogen and oxygen atoms in total. The lowest BCUT2D eigenvalue weighted by Crippen LogP contribution is -2.48. The maximum atomic E-state index is 12.6. The van der Waals surface area contributed by atoms with Crippen LogP contribution in [0, 0.1) is 0 Å². The van der Waals surface area contributed by atoms with Crippen molar-refractivity contribution in [1.29, 1.82) is 0 Å². The lowest BCUT2D eigenvalue weighted by Gasteiger charge is -2.23. The Kier molecular flexibility index (Phi) is 5.33. The molecule has 0 spiro atoms. The predicted octanol–water partition coefficient (Wildman–Crippen LogP) is 2.74. The topological polar surface area (TPSA) is 125 Å². The number of benzene rings is 2.